The summed E-state index contributed by atoms with van der Waals surface area (Å²) in [5.74, 6) is -2.04. The van der Waals surface area contributed by atoms with Gasteiger partial charge in [0, 0.05) is 6.20 Å². The average molecular weight is 718 g/mol. The number of amides is 2. The Kier molecular flexibility index (Phi) is 13.2. The minimum Gasteiger partial charge on any atom is -0.465 e. The summed E-state index contributed by atoms with van der Waals surface area (Å²) in [5, 5.41) is 4.40. The third-order valence-electron chi connectivity index (χ3n) is 8.61. The number of nitrogens with one attached hydrogen (secondary N) is 2. The summed E-state index contributed by atoms with van der Waals surface area (Å²) in [6.45, 7) is 11.3. The zero-order chi connectivity index (χ0) is 37.4. The monoisotopic (exact) mass is 717 g/mol. The number of carbonyl (C=O) groups excluding carboxylic acids is 3. The number of methoxy groups -OCH3 is 1. The highest BCUT2D eigenvalue weighted by Gasteiger charge is 2.52. The number of rotatable bonds is 13. The number of aromatic nitrogens is 1. The summed E-state index contributed by atoms with van der Waals surface area (Å²) >= 11 is 0. The predicted octanol–water partition coefficient (Wildman–Crippen LogP) is 7.07. The first kappa shape index (κ1) is 40.0. The summed E-state index contributed by atoms with van der Waals surface area (Å²) in [6.07, 6.45) is -6.37. The second-order valence-electron chi connectivity index (χ2n) is 13.9. The van der Waals surface area contributed by atoms with E-state index in [0.29, 0.717) is 11.1 Å². The maximum Gasteiger partial charge on any atom is 0.415 e. The molecule has 0 fully saturated rings. The molecule has 1 aromatic heterocycles. The molecule has 14 heteroatoms. The van der Waals surface area contributed by atoms with Crippen molar-refractivity contribution in [3.8, 4) is 0 Å². The fourth-order valence-corrected chi connectivity index (χ4v) is 6.07. The maximum absolute atomic E-state index is 14.5. The quantitative estimate of drug-likeness (QED) is 0.143. The van der Waals surface area contributed by atoms with Crippen LogP contribution in [0.2, 0.25) is 18.1 Å². The predicted molar refractivity (Wildman–Crippen MR) is 186 cm³/mol. The van der Waals surface area contributed by atoms with Gasteiger partial charge in [0.2, 0.25) is 5.91 Å². The Morgan fingerprint density at radius 1 is 0.920 bits per heavy atom. The summed E-state index contributed by atoms with van der Waals surface area (Å²) in [4.78, 5) is 51.6. The van der Waals surface area contributed by atoms with Crippen molar-refractivity contribution in [2.75, 3.05) is 12.4 Å². The fraction of sp³-hybridized carbons (Fsp3) is 0.444. The summed E-state index contributed by atoms with van der Waals surface area (Å²) in [7, 11) is -1.67. The normalized spacial score (nSPS) is 13.4. The lowest BCUT2D eigenvalue weighted by Gasteiger charge is -2.42. The average Bonchev–Trinajstić information content (AvgIpc) is 3.03. The first-order chi connectivity index (χ1) is 23.2. The Bertz CT molecular complexity index is 1690. The third kappa shape index (κ3) is 11.0. The molecular formula is C36H46F3N3O7Si. The van der Waals surface area contributed by atoms with Gasteiger partial charge in [-0.15, -0.1) is 0 Å². The van der Waals surface area contributed by atoms with Crippen LogP contribution < -0.4 is 16.2 Å². The number of ether oxygens (including phenoxy) is 2. The topological polar surface area (TPSA) is 125 Å². The van der Waals surface area contributed by atoms with Gasteiger partial charge in [-0.05, 0) is 65.4 Å². The number of pyridine rings is 1. The van der Waals surface area contributed by atoms with Gasteiger partial charge >= 0.3 is 18.2 Å². The molecule has 2 unspecified atom stereocenters. The van der Waals surface area contributed by atoms with Crippen LogP contribution in [0.5, 0.6) is 0 Å². The van der Waals surface area contributed by atoms with Gasteiger partial charge in [-0.3, -0.25) is 14.9 Å². The van der Waals surface area contributed by atoms with E-state index in [4.69, 9.17) is 13.9 Å². The van der Waals surface area contributed by atoms with Crippen LogP contribution >= 0.6 is 0 Å². The molecule has 0 saturated carbocycles. The van der Waals surface area contributed by atoms with Crippen molar-refractivity contribution in [1.82, 2.24) is 9.88 Å². The van der Waals surface area contributed by atoms with Crippen molar-refractivity contribution in [1.29, 1.82) is 0 Å². The Morgan fingerprint density at radius 3 is 2.08 bits per heavy atom. The van der Waals surface area contributed by atoms with E-state index in [2.05, 4.69) is 10.6 Å². The number of hydrogen-bond donors (Lipinski definition) is 2. The molecular weight excluding hydrogens is 671 g/mol. The Labute approximate surface area is 291 Å². The number of carbonyl (C=O) groups is 3. The standard InChI is InChI=1S/C36H46F3N3O7Si/c1-23(2)30(31(36(37,38)39)49-50(7,8)35(3,4)5)41-29(43)21-42-20-26(18-24-14-16-27(17-15-24)33(45)47-6)19-28(32(42)44)40-34(46)48-22-25-12-10-9-11-13-25/h9-17,19-20,23,30-31H,18,21-22H2,1-8H3,(H,40,46)(H,41,43). The lowest BCUT2D eigenvalue weighted by molar-refractivity contribution is -0.210. The SMILES string of the molecule is COC(=O)c1ccc(Cc2cc(NC(=O)OCc3ccccc3)c(=O)n(CC(=O)NC(C(C)C)C(O[Si](C)(C)C(C)(C)C)C(F)(F)F)c2)cc1. The van der Waals surface area contributed by atoms with Gasteiger partial charge < -0.3 is 23.8 Å². The second kappa shape index (κ2) is 16.5. The van der Waals surface area contributed by atoms with Crippen LogP contribution in [0.3, 0.4) is 0 Å². The van der Waals surface area contributed by atoms with E-state index in [9.17, 15) is 32.3 Å². The Balaban J connectivity index is 1.93. The van der Waals surface area contributed by atoms with Crippen molar-refractivity contribution >= 4 is 32.0 Å². The number of alkyl halides is 3. The van der Waals surface area contributed by atoms with Gasteiger partial charge in [-0.25, -0.2) is 9.59 Å². The molecule has 0 aliphatic heterocycles. The van der Waals surface area contributed by atoms with Crippen molar-refractivity contribution < 1.29 is 41.5 Å². The van der Waals surface area contributed by atoms with Crippen molar-refractivity contribution in [2.45, 2.75) is 90.6 Å². The molecule has 2 N–H and O–H groups in total. The molecule has 3 aromatic rings. The molecule has 3 rings (SSSR count). The smallest absolute Gasteiger partial charge is 0.415 e. The zero-order valence-electron chi connectivity index (χ0n) is 29.6. The lowest BCUT2D eigenvalue weighted by Crippen LogP contribution is -2.59. The van der Waals surface area contributed by atoms with Crippen LogP contribution in [0, 0.1) is 5.92 Å². The molecule has 0 saturated heterocycles. The highest BCUT2D eigenvalue weighted by Crippen LogP contribution is 2.41. The van der Waals surface area contributed by atoms with Crippen LogP contribution in [0.15, 0.2) is 71.7 Å². The van der Waals surface area contributed by atoms with E-state index in [-0.39, 0.29) is 18.7 Å². The highest BCUT2D eigenvalue weighted by atomic mass is 28.4. The van der Waals surface area contributed by atoms with E-state index in [0.717, 1.165) is 15.7 Å². The van der Waals surface area contributed by atoms with Gasteiger partial charge in [0.15, 0.2) is 14.4 Å². The third-order valence-corrected chi connectivity index (χ3v) is 13.1. The summed E-state index contributed by atoms with van der Waals surface area (Å²) in [5.41, 5.74) is 1.28. The number of nitrogens with zero attached hydrogens (tertiary/aromatic N) is 1. The summed E-state index contributed by atoms with van der Waals surface area (Å²) in [6, 6.07) is 15.4. The van der Waals surface area contributed by atoms with Gasteiger partial charge in [-0.1, -0.05) is 77.1 Å². The molecule has 0 aliphatic rings. The Hall–Kier alpha value is -4.43. The van der Waals surface area contributed by atoms with E-state index >= 15 is 0 Å². The molecule has 2 atom stereocenters. The molecule has 1 heterocycles. The van der Waals surface area contributed by atoms with Crippen LogP contribution in [0.25, 0.3) is 0 Å². The van der Waals surface area contributed by atoms with Crippen molar-refractivity contribution in [3.05, 3.63) is 99.5 Å². The van der Waals surface area contributed by atoms with Crippen LogP contribution in [-0.4, -0.2) is 56.3 Å². The first-order valence-electron chi connectivity index (χ1n) is 16.1. The van der Waals surface area contributed by atoms with E-state index in [1.165, 1.54) is 19.4 Å². The number of esters is 1. The van der Waals surface area contributed by atoms with Crippen molar-refractivity contribution in [2.24, 2.45) is 5.92 Å². The lowest BCUT2D eigenvalue weighted by atomic mass is 9.98. The van der Waals surface area contributed by atoms with Gasteiger partial charge in [-0.2, -0.15) is 13.2 Å². The number of anilines is 1. The molecule has 50 heavy (non-hydrogen) atoms. The molecule has 0 spiro atoms. The van der Waals surface area contributed by atoms with Gasteiger partial charge in [0.25, 0.3) is 5.56 Å². The summed E-state index contributed by atoms with van der Waals surface area (Å²) < 4.78 is 60.4. The highest BCUT2D eigenvalue weighted by molar-refractivity contribution is 6.74. The molecule has 0 bridgehead atoms. The zero-order valence-corrected chi connectivity index (χ0v) is 30.6. The van der Waals surface area contributed by atoms with Crippen LogP contribution in [-0.2, 0) is 38.3 Å². The molecule has 2 amide bonds. The van der Waals surface area contributed by atoms with Gasteiger partial charge in [0.05, 0.1) is 18.7 Å². The van der Waals surface area contributed by atoms with E-state index in [1.807, 2.05) is 26.8 Å². The Morgan fingerprint density at radius 2 is 1.54 bits per heavy atom. The molecule has 0 radical (unpaired) electrons. The van der Waals surface area contributed by atoms with E-state index < -0.39 is 67.7 Å². The largest absolute Gasteiger partial charge is 0.465 e. The maximum atomic E-state index is 14.5. The molecule has 272 valence electrons. The molecule has 10 nitrogen and oxygen atoms in total. The molecule has 0 aliphatic carbocycles. The van der Waals surface area contributed by atoms with Crippen molar-refractivity contribution in [3.63, 3.8) is 0 Å². The number of halogens is 3. The minimum atomic E-state index is -4.78. The number of benzene rings is 2. The van der Waals surface area contributed by atoms with Gasteiger partial charge in [0.1, 0.15) is 18.8 Å². The second-order valence-corrected chi connectivity index (χ2v) is 18.7. The molecule has 2 aromatic carbocycles. The van der Waals surface area contributed by atoms with Crippen LogP contribution in [0.4, 0.5) is 23.7 Å². The first-order valence-corrected chi connectivity index (χ1v) is 19.0. The van der Waals surface area contributed by atoms with Crippen LogP contribution in [0.1, 0.15) is 61.7 Å². The van der Waals surface area contributed by atoms with E-state index in [1.54, 1.807) is 75.5 Å². The minimum absolute atomic E-state index is 0.0661. The fourth-order valence-electron chi connectivity index (χ4n) is 4.80. The number of hydrogen-bond acceptors (Lipinski definition) is 7.